The molecule has 1 N–H and O–H groups in total. The molecule has 9 nitrogen and oxygen atoms in total. The Morgan fingerprint density at radius 1 is 1.15 bits per heavy atom. The highest BCUT2D eigenvalue weighted by Gasteiger charge is 2.37. The van der Waals surface area contributed by atoms with Crippen LogP contribution in [-0.2, 0) is 14.6 Å². The summed E-state index contributed by atoms with van der Waals surface area (Å²) in [6.45, 7) is 15.2. The van der Waals surface area contributed by atoms with Gasteiger partial charge in [-0.2, -0.15) is 5.10 Å². The largest absolute Gasteiger partial charge is 0.354 e. The first-order valence-electron chi connectivity index (χ1n) is 14.4. The highest BCUT2D eigenvalue weighted by Crippen LogP contribution is 2.39. The lowest BCUT2D eigenvalue weighted by Crippen LogP contribution is -2.58. The molecule has 2 fully saturated rings. The van der Waals surface area contributed by atoms with Crippen molar-refractivity contribution in [1.82, 2.24) is 19.5 Å². The first-order valence-corrected chi connectivity index (χ1v) is 16.4. The van der Waals surface area contributed by atoms with Crippen molar-refractivity contribution in [2.45, 2.75) is 57.6 Å². The number of carbonyl (C=O) groups excluding carboxylic acids is 1. The Labute approximate surface area is 242 Å². The third kappa shape index (κ3) is 5.51. The van der Waals surface area contributed by atoms with Crippen molar-refractivity contribution in [1.29, 1.82) is 0 Å². The number of sulfone groups is 1. The monoisotopic (exact) mass is 578 g/mol. The fourth-order valence-corrected chi connectivity index (χ4v) is 7.28. The minimum atomic E-state index is -3.07. The molecule has 0 radical (unpaired) electrons. The number of piperidine rings is 1. The molecule has 3 aromatic rings. The summed E-state index contributed by atoms with van der Waals surface area (Å²) in [7, 11) is -1.30. The quantitative estimate of drug-likeness (QED) is 0.431. The number of hydrogen-bond acceptors (Lipinski definition) is 6. The van der Waals surface area contributed by atoms with Crippen LogP contribution in [0.4, 0.5) is 0 Å². The topological polar surface area (TPSA) is 103 Å². The molecule has 1 aromatic carbocycles. The molecule has 41 heavy (non-hydrogen) atoms. The maximum absolute atomic E-state index is 12.7. The van der Waals surface area contributed by atoms with Crippen LogP contribution in [0.15, 0.2) is 34.5 Å². The molecule has 0 spiro atoms. The minimum Gasteiger partial charge on any atom is -0.354 e. The second kappa shape index (κ2) is 11.2. The number of pyridine rings is 1. The average molecular weight is 579 g/mol. The molecule has 2 aliphatic heterocycles. The highest BCUT2D eigenvalue weighted by molar-refractivity contribution is 7.91. The fraction of sp³-hybridized carbons (Fsp3) is 0.516. The van der Waals surface area contributed by atoms with E-state index >= 15 is 0 Å². The van der Waals surface area contributed by atoms with E-state index in [0.29, 0.717) is 31.5 Å². The van der Waals surface area contributed by atoms with Crippen LogP contribution in [0.25, 0.3) is 22.2 Å². The van der Waals surface area contributed by atoms with Crippen molar-refractivity contribution < 1.29 is 13.2 Å². The van der Waals surface area contributed by atoms with Crippen LogP contribution in [-0.4, -0.2) is 91.8 Å². The molecule has 2 saturated heterocycles. The zero-order valence-corrected chi connectivity index (χ0v) is 25.9. The van der Waals surface area contributed by atoms with E-state index in [2.05, 4.69) is 72.6 Å². The standard InChI is InChI=1S/C31H42N6O3S/c1-19(2)29-25-14-23(22-10-12-35(13-11-22)18-28(38)36-15-24(16-36)41(7,39)40)8-9-27(25)34-30(29)26-17-37(33-6)31(32-5)21(4)20(26)3/h8-9,14,17,19,22,24,34H,6,10-13,15-16,18H2,1-5,7H3. The van der Waals surface area contributed by atoms with Gasteiger partial charge in [-0.1, -0.05) is 19.9 Å². The van der Waals surface area contributed by atoms with E-state index in [1.54, 1.807) is 16.6 Å². The highest BCUT2D eigenvalue weighted by atomic mass is 32.2. The number of rotatable bonds is 7. The zero-order valence-electron chi connectivity index (χ0n) is 25.1. The Balaban J connectivity index is 1.35. The van der Waals surface area contributed by atoms with E-state index in [9.17, 15) is 13.2 Å². The van der Waals surface area contributed by atoms with Crippen molar-refractivity contribution in [2.75, 3.05) is 46.0 Å². The van der Waals surface area contributed by atoms with Gasteiger partial charge in [0.1, 0.15) is 0 Å². The van der Waals surface area contributed by atoms with Gasteiger partial charge in [0.05, 0.1) is 17.5 Å². The third-order valence-corrected chi connectivity index (χ3v) is 10.6. The van der Waals surface area contributed by atoms with Gasteiger partial charge in [0.15, 0.2) is 15.3 Å². The molecule has 2 aliphatic rings. The average Bonchev–Trinajstić information content (AvgIpc) is 3.27. The molecule has 2 aromatic heterocycles. The molecule has 10 heteroatoms. The predicted octanol–water partition coefficient (Wildman–Crippen LogP) is 3.81. The molecule has 0 atom stereocenters. The Morgan fingerprint density at radius 2 is 1.83 bits per heavy atom. The number of H-pyrrole nitrogens is 1. The number of hydrogen-bond donors (Lipinski definition) is 1. The van der Waals surface area contributed by atoms with Gasteiger partial charge in [-0.05, 0) is 86.0 Å². The van der Waals surface area contributed by atoms with Gasteiger partial charge < -0.3 is 9.88 Å². The number of fused-ring (bicyclic) bond motifs is 1. The molecule has 5 rings (SSSR count). The predicted molar refractivity (Wildman–Crippen MR) is 165 cm³/mol. The van der Waals surface area contributed by atoms with E-state index in [1.165, 1.54) is 28.3 Å². The van der Waals surface area contributed by atoms with Gasteiger partial charge in [-0.3, -0.25) is 14.7 Å². The summed E-state index contributed by atoms with van der Waals surface area (Å²) in [6, 6.07) is 6.81. The molecule has 0 bridgehead atoms. The second-order valence-corrected chi connectivity index (χ2v) is 14.3. The van der Waals surface area contributed by atoms with Gasteiger partial charge in [0, 0.05) is 55.8 Å². The van der Waals surface area contributed by atoms with Gasteiger partial charge in [-0.25, -0.2) is 13.1 Å². The summed E-state index contributed by atoms with van der Waals surface area (Å²) in [5.41, 5.74) is 9.04. The lowest BCUT2D eigenvalue weighted by molar-refractivity contribution is -0.135. The first kappa shape index (κ1) is 29.3. The lowest BCUT2D eigenvalue weighted by atomic mass is 9.87. The summed E-state index contributed by atoms with van der Waals surface area (Å²) in [6.07, 6.45) is 5.25. The number of aromatic amines is 1. The Hall–Kier alpha value is -3.24. The number of amides is 1. The maximum atomic E-state index is 12.7. The van der Waals surface area contributed by atoms with E-state index in [1.807, 2.05) is 6.20 Å². The SMILES string of the molecule is C=Nn1cc(-c2[nH]c3ccc(C4CCN(CC(=O)N5CC(S(C)(=O)=O)C5)CC4)cc3c2C(C)C)c(C)c(C)c1=NC. The smallest absolute Gasteiger partial charge is 0.236 e. The van der Waals surface area contributed by atoms with Crippen LogP contribution in [0.1, 0.15) is 60.8 Å². The number of likely N-dealkylation sites (tertiary alicyclic amines) is 2. The van der Waals surface area contributed by atoms with Crippen molar-refractivity contribution in [3.8, 4) is 11.3 Å². The molecule has 1 amide bonds. The van der Waals surface area contributed by atoms with Gasteiger partial charge in [-0.15, -0.1) is 0 Å². The van der Waals surface area contributed by atoms with Crippen molar-refractivity contribution in [3.63, 3.8) is 0 Å². The second-order valence-electron chi connectivity index (χ2n) is 12.0. The Kier molecular flexibility index (Phi) is 8.00. The van der Waals surface area contributed by atoms with Gasteiger partial charge >= 0.3 is 0 Å². The van der Waals surface area contributed by atoms with Gasteiger partial charge in [0.2, 0.25) is 5.91 Å². The number of aromatic nitrogens is 2. The molecule has 0 unspecified atom stereocenters. The lowest BCUT2D eigenvalue weighted by Gasteiger charge is -2.40. The van der Waals surface area contributed by atoms with Crippen LogP contribution >= 0.6 is 0 Å². The van der Waals surface area contributed by atoms with Crippen molar-refractivity contribution >= 4 is 33.4 Å². The number of nitrogens with zero attached hydrogens (tertiary/aromatic N) is 5. The van der Waals surface area contributed by atoms with E-state index < -0.39 is 15.1 Å². The van der Waals surface area contributed by atoms with Crippen molar-refractivity contribution in [2.24, 2.45) is 10.1 Å². The Bertz CT molecular complexity index is 1670. The van der Waals surface area contributed by atoms with Gasteiger partial charge in [0.25, 0.3) is 0 Å². The van der Waals surface area contributed by atoms with E-state index in [-0.39, 0.29) is 5.91 Å². The number of nitrogens with one attached hydrogen (secondary N) is 1. The maximum Gasteiger partial charge on any atom is 0.236 e. The summed E-state index contributed by atoms with van der Waals surface area (Å²) in [4.78, 5) is 24.7. The molecule has 4 heterocycles. The normalized spacial score (nSPS) is 17.9. The summed E-state index contributed by atoms with van der Waals surface area (Å²) in [5.74, 6) is 0.778. The van der Waals surface area contributed by atoms with Crippen LogP contribution in [0.3, 0.4) is 0 Å². The van der Waals surface area contributed by atoms with Crippen LogP contribution < -0.4 is 5.49 Å². The molecule has 220 valence electrons. The molecular formula is C31H42N6O3S. The molecule has 0 saturated carbocycles. The third-order valence-electron chi connectivity index (χ3n) is 9.07. The number of carbonyl (C=O) groups is 1. The minimum absolute atomic E-state index is 0.0327. The van der Waals surface area contributed by atoms with E-state index in [0.717, 1.165) is 53.8 Å². The Morgan fingerprint density at radius 3 is 2.41 bits per heavy atom. The number of benzene rings is 1. The molecule has 0 aliphatic carbocycles. The van der Waals surface area contributed by atoms with Crippen LogP contribution in [0.2, 0.25) is 0 Å². The summed E-state index contributed by atoms with van der Waals surface area (Å²) in [5, 5.41) is 5.04. The van der Waals surface area contributed by atoms with Crippen molar-refractivity contribution in [3.05, 3.63) is 52.1 Å². The summed E-state index contributed by atoms with van der Waals surface area (Å²) >= 11 is 0. The van der Waals surface area contributed by atoms with Crippen LogP contribution in [0, 0.1) is 13.8 Å². The molecular weight excluding hydrogens is 536 g/mol. The zero-order chi connectivity index (χ0) is 29.6. The van der Waals surface area contributed by atoms with Crippen LogP contribution in [0.5, 0.6) is 0 Å². The first-order chi connectivity index (χ1) is 19.4. The summed E-state index contributed by atoms with van der Waals surface area (Å²) < 4.78 is 25.1. The van der Waals surface area contributed by atoms with E-state index in [4.69, 9.17) is 0 Å². The fourth-order valence-electron chi connectivity index (χ4n) is 6.38.